The molecule has 1 aromatic rings. The van der Waals surface area contributed by atoms with Crippen molar-refractivity contribution in [1.82, 2.24) is 14.9 Å². The van der Waals surface area contributed by atoms with Gasteiger partial charge in [-0.3, -0.25) is 0 Å². The van der Waals surface area contributed by atoms with Gasteiger partial charge in [0, 0.05) is 19.5 Å². The van der Waals surface area contributed by atoms with Crippen LogP contribution in [0.15, 0.2) is 0 Å². The van der Waals surface area contributed by atoms with E-state index >= 15 is 0 Å². The van der Waals surface area contributed by atoms with Crippen molar-refractivity contribution in [3.63, 3.8) is 0 Å². The molecule has 2 rings (SSSR count). The average Bonchev–Trinajstić information content (AvgIpc) is 2.38. The Bertz CT molecular complexity index is 428. The number of ether oxygens (including phenoxy) is 1. The fourth-order valence-electron chi connectivity index (χ4n) is 2.27. The second-order valence-electron chi connectivity index (χ2n) is 5.33. The average molecular weight is 264 g/mol. The van der Waals surface area contributed by atoms with Crippen molar-refractivity contribution >= 4 is 5.82 Å². The molecule has 0 aliphatic carbocycles. The number of rotatable bonds is 4. The Morgan fingerprint density at radius 1 is 1.32 bits per heavy atom. The van der Waals surface area contributed by atoms with Crippen LogP contribution in [-0.4, -0.2) is 41.1 Å². The molecule has 1 aliphatic heterocycles. The second kappa shape index (κ2) is 6.19. The number of nitrogens with two attached hydrogens (primary N) is 1. The number of aromatic nitrogens is 2. The highest BCUT2D eigenvalue weighted by Gasteiger charge is 2.20. The normalized spacial score (nSPS) is 17.6. The highest BCUT2D eigenvalue weighted by Crippen LogP contribution is 2.23. The molecule has 0 aromatic carbocycles. The SMILES string of the molecule is CCCc1nc(N)c(C)c(OC2CCN(C)CC2)n1. The zero-order chi connectivity index (χ0) is 13.8. The topological polar surface area (TPSA) is 64.3 Å². The van der Waals surface area contributed by atoms with Crippen LogP contribution < -0.4 is 10.5 Å². The molecule has 19 heavy (non-hydrogen) atoms. The smallest absolute Gasteiger partial charge is 0.222 e. The van der Waals surface area contributed by atoms with Gasteiger partial charge in [0.05, 0.1) is 5.56 Å². The van der Waals surface area contributed by atoms with E-state index in [2.05, 4.69) is 28.8 Å². The van der Waals surface area contributed by atoms with Crippen molar-refractivity contribution in [3.05, 3.63) is 11.4 Å². The molecule has 5 nitrogen and oxygen atoms in total. The summed E-state index contributed by atoms with van der Waals surface area (Å²) in [5.74, 6) is 2.00. The van der Waals surface area contributed by atoms with E-state index in [0.29, 0.717) is 11.7 Å². The van der Waals surface area contributed by atoms with Gasteiger partial charge in [-0.05, 0) is 33.2 Å². The lowest BCUT2D eigenvalue weighted by Gasteiger charge is -2.29. The van der Waals surface area contributed by atoms with Gasteiger partial charge in [-0.2, -0.15) is 4.98 Å². The predicted molar refractivity (Wildman–Crippen MR) is 76.3 cm³/mol. The first kappa shape index (κ1) is 14.1. The molecule has 106 valence electrons. The Morgan fingerprint density at radius 3 is 2.63 bits per heavy atom. The zero-order valence-electron chi connectivity index (χ0n) is 12.1. The summed E-state index contributed by atoms with van der Waals surface area (Å²) in [5, 5.41) is 0. The van der Waals surface area contributed by atoms with Gasteiger partial charge in [-0.25, -0.2) is 4.98 Å². The summed E-state index contributed by atoms with van der Waals surface area (Å²) in [6.07, 6.45) is 4.19. The molecular formula is C14H24N4O. The van der Waals surface area contributed by atoms with Crippen LogP contribution in [0.3, 0.4) is 0 Å². The molecule has 0 amide bonds. The highest BCUT2D eigenvalue weighted by molar-refractivity contribution is 5.44. The molecule has 0 bridgehead atoms. The summed E-state index contributed by atoms with van der Waals surface area (Å²) in [6, 6.07) is 0. The van der Waals surface area contributed by atoms with Crippen LogP contribution in [0.2, 0.25) is 0 Å². The molecule has 0 unspecified atom stereocenters. The molecule has 1 aliphatic rings. The number of anilines is 1. The van der Waals surface area contributed by atoms with Crippen molar-refractivity contribution < 1.29 is 4.74 Å². The van der Waals surface area contributed by atoms with Crippen LogP contribution in [0.4, 0.5) is 5.82 Å². The first-order chi connectivity index (χ1) is 9.10. The summed E-state index contributed by atoms with van der Waals surface area (Å²) in [6.45, 7) is 6.18. The molecule has 0 spiro atoms. The molecular weight excluding hydrogens is 240 g/mol. The quantitative estimate of drug-likeness (QED) is 0.898. The number of piperidine rings is 1. The monoisotopic (exact) mass is 264 g/mol. The minimum Gasteiger partial charge on any atom is -0.474 e. The van der Waals surface area contributed by atoms with Crippen LogP contribution in [0.1, 0.15) is 37.6 Å². The number of aryl methyl sites for hydroxylation is 1. The Balaban J connectivity index is 2.10. The van der Waals surface area contributed by atoms with Crippen molar-refractivity contribution in [2.24, 2.45) is 0 Å². The molecule has 1 fully saturated rings. The van der Waals surface area contributed by atoms with Gasteiger partial charge < -0.3 is 15.4 Å². The lowest BCUT2D eigenvalue weighted by Crippen LogP contribution is -2.36. The van der Waals surface area contributed by atoms with Crippen molar-refractivity contribution in [1.29, 1.82) is 0 Å². The molecule has 2 heterocycles. The number of hydrogen-bond acceptors (Lipinski definition) is 5. The lowest BCUT2D eigenvalue weighted by atomic mass is 10.1. The van der Waals surface area contributed by atoms with E-state index in [9.17, 15) is 0 Å². The van der Waals surface area contributed by atoms with Gasteiger partial charge in [0.1, 0.15) is 17.7 Å². The number of likely N-dealkylation sites (tertiary alicyclic amines) is 1. The van der Waals surface area contributed by atoms with Crippen LogP contribution >= 0.6 is 0 Å². The van der Waals surface area contributed by atoms with Crippen LogP contribution in [0.25, 0.3) is 0 Å². The zero-order valence-corrected chi connectivity index (χ0v) is 12.1. The number of nitrogen functional groups attached to an aromatic ring is 1. The van der Waals surface area contributed by atoms with Crippen molar-refractivity contribution in [2.45, 2.75) is 45.6 Å². The van der Waals surface area contributed by atoms with E-state index in [1.54, 1.807) is 0 Å². The summed E-state index contributed by atoms with van der Waals surface area (Å²) < 4.78 is 6.04. The van der Waals surface area contributed by atoms with Gasteiger partial charge in [0.2, 0.25) is 5.88 Å². The highest BCUT2D eigenvalue weighted by atomic mass is 16.5. The third kappa shape index (κ3) is 3.56. The van der Waals surface area contributed by atoms with Crippen LogP contribution in [-0.2, 0) is 6.42 Å². The Hall–Kier alpha value is -1.36. The summed E-state index contributed by atoms with van der Waals surface area (Å²) in [5.41, 5.74) is 6.80. The van der Waals surface area contributed by atoms with Crippen molar-refractivity contribution in [3.8, 4) is 5.88 Å². The largest absolute Gasteiger partial charge is 0.474 e. The summed E-state index contributed by atoms with van der Waals surface area (Å²) in [7, 11) is 2.14. The van der Waals surface area contributed by atoms with Gasteiger partial charge in [-0.15, -0.1) is 0 Å². The molecule has 0 atom stereocenters. The molecule has 5 heteroatoms. The molecule has 2 N–H and O–H groups in total. The van der Waals surface area contributed by atoms with E-state index in [1.807, 2.05) is 6.92 Å². The van der Waals surface area contributed by atoms with E-state index in [1.165, 1.54) is 0 Å². The fraction of sp³-hybridized carbons (Fsp3) is 0.714. The summed E-state index contributed by atoms with van der Waals surface area (Å²) in [4.78, 5) is 11.1. The van der Waals surface area contributed by atoms with Crippen molar-refractivity contribution in [2.75, 3.05) is 25.9 Å². The maximum Gasteiger partial charge on any atom is 0.222 e. The second-order valence-corrected chi connectivity index (χ2v) is 5.33. The van der Waals surface area contributed by atoms with E-state index < -0.39 is 0 Å². The van der Waals surface area contributed by atoms with Crippen LogP contribution in [0, 0.1) is 6.92 Å². The molecule has 1 saturated heterocycles. The minimum atomic E-state index is 0.249. The van der Waals surface area contributed by atoms with E-state index in [4.69, 9.17) is 10.5 Å². The van der Waals surface area contributed by atoms with Crippen LogP contribution in [0.5, 0.6) is 5.88 Å². The first-order valence-corrected chi connectivity index (χ1v) is 7.08. The Morgan fingerprint density at radius 2 is 2.00 bits per heavy atom. The fourth-order valence-corrected chi connectivity index (χ4v) is 2.27. The standard InChI is InChI=1S/C14H24N4O/c1-4-5-12-16-13(15)10(2)14(17-12)19-11-6-8-18(3)9-7-11/h11H,4-9H2,1-3H3,(H2,15,16,17). The molecule has 0 saturated carbocycles. The van der Waals surface area contributed by atoms with E-state index in [0.717, 1.165) is 50.2 Å². The third-order valence-electron chi connectivity index (χ3n) is 3.60. The molecule has 0 radical (unpaired) electrons. The van der Waals surface area contributed by atoms with Gasteiger partial charge >= 0.3 is 0 Å². The van der Waals surface area contributed by atoms with E-state index in [-0.39, 0.29) is 6.10 Å². The van der Waals surface area contributed by atoms with Gasteiger partial charge in [-0.1, -0.05) is 6.92 Å². The van der Waals surface area contributed by atoms with Gasteiger partial charge in [0.15, 0.2) is 0 Å². The minimum absolute atomic E-state index is 0.249. The maximum atomic E-state index is 6.04. The Kier molecular flexibility index (Phi) is 4.58. The predicted octanol–water partition coefficient (Wildman–Crippen LogP) is 1.79. The summed E-state index contributed by atoms with van der Waals surface area (Å²) >= 11 is 0. The van der Waals surface area contributed by atoms with Gasteiger partial charge in [0.25, 0.3) is 0 Å². The number of hydrogen-bond donors (Lipinski definition) is 1. The maximum absolute atomic E-state index is 6.04. The third-order valence-corrected chi connectivity index (χ3v) is 3.60. The Labute approximate surface area is 115 Å². The molecule has 1 aromatic heterocycles. The first-order valence-electron chi connectivity index (χ1n) is 7.08. The number of nitrogens with zero attached hydrogens (tertiary/aromatic N) is 3. The lowest BCUT2D eigenvalue weighted by molar-refractivity contribution is 0.109.